The quantitative estimate of drug-likeness (QED) is 0.879. The van der Waals surface area contributed by atoms with E-state index in [-0.39, 0.29) is 5.91 Å². The van der Waals surface area contributed by atoms with E-state index in [2.05, 4.69) is 45.6 Å². The molecule has 0 bridgehead atoms. The van der Waals surface area contributed by atoms with E-state index in [0.29, 0.717) is 13.1 Å². The van der Waals surface area contributed by atoms with Gasteiger partial charge in [-0.2, -0.15) is 0 Å². The molecule has 2 rings (SSSR count). The molecule has 0 aliphatic heterocycles. The number of anilines is 1. The highest BCUT2D eigenvalue weighted by atomic mass is 79.9. The van der Waals surface area contributed by atoms with Crippen LogP contribution in [0.25, 0.3) is 0 Å². The van der Waals surface area contributed by atoms with Gasteiger partial charge in [0.2, 0.25) is 5.91 Å². The summed E-state index contributed by atoms with van der Waals surface area (Å²) in [6.07, 6.45) is 0. The van der Waals surface area contributed by atoms with Crippen molar-refractivity contribution in [2.24, 2.45) is 0 Å². The Morgan fingerprint density at radius 1 is 1.15 bits per heavy atom. The van der Waals surface area contributed by atoms with Gasteiger partial charge >= 0.3 is 0 Å². The Labute approximate surface area is 127 Å². The zero-order valence-corrected chi connectivity index (χ0v) is 12.9. The van der Waals surface area contributed by atoms with Crippen LogP contribution in [0.3, 0.4) is 0 Å². The Bertz CT molecular complexity index is 599. The number of amides is 1. The highest BCUT2D eigenvalue weighted by molar-refractivity contribution is 9.10. The molecule has 104 valence electrons. The van der Waals surface area contributed by atoms with Crippen LogP contribution in [-0.2, 0) is 11.3 Å². The number of nitrogens with one attached hydrogen (secondary N) is 2. The van der Waals surface area contributed by atoms with E-state index in [4.69, 9.17) is 0 Å². The summed E-state index contributed by atoms with van der Waals surface area (Å²) in [5.41, 5.74) is 3.23. The van der Waals surface area contributed by atoms with Crippen LogP contribution >= 0.6 is 15.9 Å². The SMILES string of the molecule is Cc1ccccc1CNCC(=O)Nc1cccc(Br)c1. The number of carbonyl (C=O) groups is 1. The Hall–Kier alpha value is -1.65. The second-order valence-corrected chi connectivity index (χ2v) is 5.50. The summed E-state index contributed by atoms with van der Waals surface area (Å²) < 4.78 is 0.947. The smallest absolute Gasteiger partial charge is 0.238 e. The van der Waals surface area contributed by atoms with Crippen molar-refractivity contribution in [1.82, 2.24) is 5.32 Å². The molecule has 0 saturated heterocycles. The Morgan fingerprint density at radius 2 is 1.95 bits per heavy atom. The van der Waals surface area contributed by atoms with E-state index in [1.807, 2.05) is 36.4 Å². The van der Waals surface area contributed by atoms with Crippen molar-refractivity contribution in [2.45, 2.75) is 13.5 Å². The summed E-state index contributed by atoms with van der Waals surface area (Å²) in [6.45, 7) is 3.05. The first-order chi connectivity index (χ1) is 9.65. The van der Waals surface area contributed by atoms with Crippen molar-refractivity contribution < 1.29 is 4.79 Å². The zero-order valence-electron chi connectivity index (χ0n) is 11.3. The predicted octanol–water partition coefficient (Wildman–Crippen LogP) is 3.49. The first-order valence-corrected chi connectivity index (χ1v) is 7.25. The number of hydrogen-bond acceptors (Lipinski definition) is 2. The van der Waals surface area contributed by atoms with Crippen molar-refractivity contribution >= 4 is 27.5 Å². The fourth-order valence-electron chi connectivity index (χ4n) is 1.89. The average Bonchev–Trinajstić information content (AvgIpc) is 2.41. The molecule has 2 N–H and O–H groups in total. The van der Waals surface area contributed by atoms with Crippen molar-refractivity contribution in [1.29, 1.82) is 0 Å². The van der Waals surface area contributed by atoms with Gasteiger partial charge in [0.1, 0.15) is 0 Å². The number of hydrogen-bond donors (Lipinski definition) is 2. The van der Waals surface area contributed by atoms with Gasteiger partial charge in [-0.3, -0.25) is 4.79 Å². The molecule has 20 heavy (non-hydrogen) atoms. The minimum Gasteiger partial charge on any atom is -0.325 e. The van der Waals surface area contributed by atoms with Crippen molar-refractivity contribution in [2.75, 3.05) is 11.9 Å². The minimum atomic E-state index is -0.0447. The standard InChI is InChI=1S/C16H17BrN2O/c1-12-5-2-3-6-13(12)10-18-11-16(20)19-15-8-4-7-14(17)9-15/h2-9,18H,10-11H2,1H3,(H,19,20). The molecule has 0 aliphatic carbocycles. The summed E-state index contributed by atoms with van der Waals surface area (Å²) in [6, 6.07) is 15.7. The van der Waals surface area contributed by atoms with Gasteiger partial charge in [0.15, 0.2) is 0 Å². The van der Waals surface area contributed by atoms with Crippen molar-refractivity contribution in [3.8, 4) is 0 Å². The van der Waals surface area contributed by atoms with Crippen LogP contribution < -0.4 is 10.6 Å². The third kappa shape index (κ3) is 4.47. The number of rotatable bonds is 5. The molecule has 0 aromatic heterocycles. The molecule has 3 nitrogen and oxygen atoms in total. The molecule has 0 radical (unpaired) electrons. The lowest BCUT2D eigenvalue weighted by atomic mass is 10.1. The van der Waals surface area contributed by atoms with Crippen LogP contribution in [0.1, 0.15) is 11.1 Å². The maximum absolute atomic E-state index is 11.8. The van der Waals surface area contributed by atoms with Crippen molar-refractivity contribution in [3.05, 3.63) is 64.1 Å². The molecule has 2 aromatic carbocycles. The molecule has 4 heteroatoms. The number of benzene rings is 2. The van der Waals surface area contributed by atoms with Crippen LogP contribution in [-0.4, -0.2) is 12.5 Å². The van der Waals surface area contributed by atoms with Gasteiger partial charge in [-0.25, -0.2) is 0 Å². The Balaban J connectivity index is 1.80. The van der Waals surface area contributed by atoms with Crippen LogP contribution in [0.15, 0.2) is 53.0 Å². The molecule has 1 amide bonds. The van der Waals surface area contributed by atoms with E-state index in [0.717, 1.165) is 10.2 Å². The molecule has 0 fully saturated rings. The number of carbonyl (C=O) groups excluding carboxylic acids is 1. The van der Waals surface area contributed by atoms with Crippen LogP contribution in [0.5, 0.6) is 0 Å². The Morgan fingerprint density at radius 3 is 2.70 bits per heavy atom. The Kier molecular flexibility index (Phi) is 5.32. The lowest BCUT2D eigenvalue weighted by Gasteiger charge is -2.08. The molecule has 2 aromatic rings. The molecule has 0 aliphatic rings. The fourth-order valence-corrected chi connectivity index (χ4v) is 2.29. The molecular weight excluding hydrogens is 316 g/mol. The normalized spacial score (nSPS) is 10.3. The van der Waals surface area contributed by atoms with Gasteiger partial charge < -0.3 is 10.6 Å². The van der Waals surface area contributed by atoms with Gasteiger partial charge in [-0.1, -0.05) is 46.3 Å². The first-order valence-electron chi connectivity index (χ1n) is 6.46. The fraction of sp³-hybridized carbons (Fsp3) is 0.188. The maximum atomic E-state index is 11.8. The summed E-state index contributed by atoms with van der Waals surface area (Å²) in [4.78, 5) is 11.8. The summed E-state index contributed by atoms with van der Waals surface area (Å²) in [5.74, 6) is -0.0447. The molecule has 0 atom stereocenters. The minimum absolute atomic E-state index is 0.0447. The largest absolute Gasteiger partial charge is 0.325 e. The van der Waals surface area contributed by atoms with Gasteiger partial charge in [-0.15, -0.1) is 0 Å². The van der Waals surface area contributed by atoms with E-state index in [9.17, 15) is 4.79 Å². The monoisotopic (exact) mass is 332 g/mol. The average molecular weight is 333 g/mol. The predicted molar refractivity (Wildman–Crippen MR) is 85.7 cm³/mol. The number of halogens is 1. The number of aryl methyl sites for hydroxylation is 1. The third-order valence-electron chi connectivity index (χ3n) is 2.97. The maximum Gasteiger partial charge on any atom is 0.238 e. The van der Waals surface area contributed by atoms with Crippen LogP contribution in [0.4, 0.5) is 5.69 Å². The zero-order chi connectivity index (χ0) is 14.4. The summed E-state index contributed by atoms with van der Waals surface area (Å²) in [5, 5.41) is 6.01. The molecule has 0 spiro atoms. The summed E-state index contributed by atoms with van der Waals surface area (Å²) >= 11 is 3.38. The van der Waals surface area contributed by atoms with Crippen molar-refractivity contribution in [3.63, 3.8) is 0 Å². The van der Waals surface area contributed by atoms with Crippen LogP contribution in [0.2, 0.25) is 0 Å². The second-order valence-electron chi connectivity index (χ2n) is 4.59. The van der Waals surface area contributed by atoms with Gasteiger partial charge in [0.05, 0.1) is 6.54 Å². The van der Waals surface area contributed by atoms with Crippen LogP contribution in [0, 0.1) is 6.92 Å². The lowest BCUT2D eigenvalue weighted by Crippen LogP contribution is -2.27. The molecule has 0 saturated carbocycles. The van der Waals surface area contributed by atoms with Gasteiger partial charge in [0, 0.05) is 16.7 Å². The van der Waals surface area contributed by atoms with E-state index in [1.165, 1.54) is 11.1 Å². The summed E-state index contributed by atoms with van der Waals surface area (Å²) in [7, 11) is 0. The molecular formula is C16H17BrN2O. The van der Waals surface area contributed by atoms with Gasteiger partial charge in [0.25, 0.3) is 0 Å². The third-order valence-corrected chi connectivity index (χ3v) is 3.46. The van der Waals surface area contributed by atoms with E-state index >= 15 is 0 Å². The van der Waals surface area contributed by atoms with E-state index in [1.54, 1.807) is 0 Å². The van der Waals surface area contributed by atoms with Gasteiger partial charge in [-0.05, 0) is 36.2 Å². The molecule has 0 heterocycles. The highest BCUT2D eigenvalue weighted by Crippen LogP contribution is 2.15. The topological polar surface area (TPSA) is 41.1 Å². The molecule has 0 unspecified atom stereocenters. The first kappa shape index (κ1) is 14.8. The van der Waals surface area contributed by atoms with E-state index < -0.39 is 0 Å². The lowest BCUT2D eigenvalue weighted by molar-refractivity contribution is -0.115. The highest BCUT2D eigenvalue weighted by Gasteiger charge is 2.03. The second kappa shape index (κ2) is 7.22.